The molecule has 6 heteroatoms. The molecule has 0 aliphatic carbocycles. The molecular formula is C20H26N4O2. The molecule has 0 saturated heterocycles. The third kappa shape index (κ3) is 4.12. The number of amides is 1. The second kappa shape index (κ2) is 8.17. The first-order chi connectivity index (χ1) is 12.6. The van der Waals surface area contributed by atoms with Gasteiger partial charge in [-0.05, 0) is 25.0 Å². The zero-order chi connectivity index (χ0) is 18.5. The van der Waals surface area contributed by atoms with Gasteiger partial charge in [-0.1, -0.05) is 31.5 Å². The third-order valence-electron chi connectivity index (χ3n) is 4.48. The van der Waals surface area contributed by atoms with Crippen molar-refractivity contribution in [1.82, 2.24) is 15.3 Å². The van der Waals surface area contributed by atoms with Crippen LogP contribution in [-0.2, 0) is 17.8 Å². The minimum Gasteiger partial charge on any atom is -0.487 e. The molecule has 0 unspecified atom stereocenters. The van der Waals surface area contributed by atoms with Crippen molar-refractivity contribution in [3.8, 4) is 5.75 Å². The summed E-state index contributed by atoms with van der Waals surface area (Å²) in [6.07, 6.45) is 2.75. The largest absolute Gasteiger partial charge is 0.487 e. The molecule has 0 saturated carbocycles. The molecule has 1 aliphatic heterocycles. The van der Waals surface area contributed by atoms with Crippen molar-refractivity contribution >= 4 is 11.7 Å². The summed E-state index contributed by atoms with van der Waals surface area (Å²) in [5.41, 5.74) is 3.03. The van der Waals surface area contributed by atoms with Gasteiger partial charge in [0.25, 0.3) is 0 Å². The molecular weight excluding hydrogens is 328 g/mol. The fourth-order valence-corrected chi connectivity index (χ4v) is 3.13. The second-order valence-electron chi connectivity index (χ2n) is 6.65. The number of aryl methyl sites for hydroxylation is 1. The highest BCUT2D eigenvalue weighted by Crippen LogP contribution is 2.31. The SMILES string of the molecule is CCCCNC(=O)CN(C)c1nc(C)nc2c1Cc1ccccc1OC2. The van der Waals surface area contributed by atoms with Crippen LogP contribution in [0.2, 0.25) is 0 Å². The van der Waals surface area contributed by atoms with E-state index in [0.29, 0.717) is 25.4 Å². The summed E-state index contributed by atoms with van der Waals surface area (Å²) in [7, 11) is 1.90. The van der Waals surface area contributed by atoms with E-state index in [9.17, 15) is 4.79 Å². The van der Waals surface area contributed by atoms with Crippen molar-refractivity contribution in [1.29, 1.82) is 0 Å². The van der Waals surface area contributed by atoms with Gasteiger partial charge in [0.15, 0.2) is 0 Å². The summed E-state index contributed by atoms with van der Waals surface area (Å²) in [5.74, 6) is 2.38. The van der Waals surface area contributed by atoms with Gasteiger partial charge in [0, 0.05) is 25.6 Å². The smallest absolute Gasteiger partial charge is 0.239 e. The van der Waals surface area contributed by atoms with Crippen LogP contribution in [0.5, 0.6) is 5.75 Å². The zero-order valence-electron chi connectivity index (χ0n) is 15.7. The van der Waals surface area contributed by atoms with Gasteiger partial charge in [0.1, 0.15) is 24.0 Å². The van der Waals surface area contributed by atoms with E-state index in [0.717, 1.165) is 41.2 Å². The summed E-state index contributed by atoms with van der Waals surface area (Å²) in [6.45, 7) is 5.38. The van der Waals surface area contributed by atoms with E-state index < -0.39 is 0 Å². The van der Waals surface area contributed by atoms with Crippen LogP contribution in [0, 0.1) is 6.92 Å². The molecule has 6 nitrogen and oxygen atoms in total. The van der Waals surface area contributed by atoms with E-state index in [4.69, 9.17) is 4.74 Å². The lowest BCUT2D eigenvalue weighted by Gasteiger charge is -2.22. The van der Waals surface area contributed by atoms with E-state index in [-0.39, 0.29) is 12.5 Å². The molecule has 26 heavy (non-hydrogen) atoms. The Bertz CT molecular complexity index is 791. The number of aromatic nitrogens is 2. The Kier molecular flexibility index (Phi) is 5.71. The predicted molar refractivity (Wildman–Crippen MR) is 102 cm³/mol. The number of hydrogen-bond acceptors (Lipinski definition) is 5. The lowest BCUT2D eigenvalue weighted by molar-refractivity contribution is -0.119. The topological polar surface area (TPSA) is 67.4 Å². The van der Waals surface area contributed by atoms with Crippen LogP contribution in [0.25, 0.3) is 0 Å². The Morgan fingerprint density at radius 1 is 1.31 bits per heavy atom. The Balaban J connectivity index is 1.84. The van der Waals surface area contributed by atoms with Crippen molar-refractivity contribution in [3.05, 3.63) is 46.9 Å². The van der Waals surface area contributed by atoms with Gasteiger partial charge < -0.3 is 15.0 Å². The summed E-state index contributed by atoms with van der Waals surface area (Å²) in [4.78, 5) is 23.3. The van der Waals surface area contributed by atoms with Crippen molar-refractivity contribution in [3.63, 3.8) is 0 Å². The lowest BCUT2D eigenvalue weighted by Crippen LogP contribution is -2.36. The number of likely N-dealkylation sites (N-methyl/N-ethyl adjacent to an activating group) is 1. The first kappa shape index (κ1) is 18.2. The lowest BCUT2D eigenvalue weighted by atomic mass is 10.0. The molecule has 1 aliphatic rings. The maximum atomic E-state index is 12.2. The van der Waals surface area contributed by atoms with Gasteiger partial charge in [-0.2, -0.15) is 0 Å². The summed E-state index contributed by atoms with van der Waals surface area (Å²) in [5, 5.41) is 2.96. The van der Waals surface area contributed by atoms with E-state index in [2.05, 4.69) is 28.3 Å². The fraction of sp³-hybridized carbons (Fsp3) is 0.450. The number of para-hydroxylation sites is 1. The van der Waals surface area contributed by atoms with Gasteiger partial charge in [-0.15, -0.1) is 0 Å². The number of benzene rings is 1. The molecule has 0 bridgehead atoms. The molecule has 1 aromatic heterocycles. The number of nitrogens with one attached hydrogen (secondary N) is 1. The minimum absolute atomic E-state index is 0.0104. The minimum atomic E-state index is 0.0104. The molecule has 2 aromatic rings. The first-order valence-corrected chi connectivity index (χ1v) is 9.13. The third-order valence-corrected chi connectivity index (χ3v) is 4.48. The van der Waals surface area contributed by atoms with Crippen LogP contribution in [0.1, 0.15) is 42.4 Å². The molecule has 1 aromatic carbocycles. The highest BCUT2D eigenvalue weighted by molar-refractivity contribution is 5.81. The van der Waals surface area contributed by atoms with Crippen molar-refractivity contribution < 1.29 is 9.53 Å². The van der Waals surface area contributed by atoms with Crippen molar-refractivity contribution in [2.75, 3.05) is 25.0 Å². The Labute approximate surface area is 154 Å². The maximum Gasteiger partial charge on any atom is 0.239 e. The quantitative estimate of drug-likeness (QED) is 0.808. The molecule has 0 spiro atoms. The first-order valence-electron chi connectivity index (χ1n) is 9.13. The predicted octanol–water partition coefficient (Wildman–Crippen LogP) is 2.62. The van der Waals surface area contributed by atoms with E-state index >= 15 is 0 Å². The van der Waals surface area contributed by atoms with Crippen LogP contribution in [0.4, 0.5) is 5.82 Å². The molecule has 2 heterocycles. The highest BCUT2D eigenvalue weighted by Gasteiger charge is 2.22. The van der Waals surface area contributed by atoms with Gasteiger partial charge in [0.2, 0.25) is 5.91 Å². The normalized spacial score (nSPS) is 12.4. The molecule has 1 amide bonds. The van der Waals surface area contributed by atoms with Crippen LogP contribution < -0.4 is 15.0 Å². The van der Waals surface area contributed by atoms with Gasteiger partial charge >= 0.3 is 0 Å². The monoisotopic (exact) mass is 354 g/mol. The van der Waals surface area contributed by atoms with E-state index in [1.165, 1.54) is 0 Å². The summed E-state index contributed by atoms with van der Waals surface area (Å²) < 4.78 is 5.92. The zero-order valence-corrected chi connectivity index (χ0v) is 15.7. The number of rotatable bonds is 6. The summed E-state index contributed by atoms with van der Waals surface area (Å²) in [6, 6.07) is 8.02. The molecule has 3 rings (SSSR count). The Hall–Kier alpha value is -2.63. The average molecular weight is 354 g/mol. The van der Waals surface area contributed by atoms with Crippen LogP contribution in [0.15, 0.2) is 24.3 Å². The molecule has 0 atom stereocenters. The average Bonchev–Trinajstić information content (AvgIpc) is 2.80. The Morgan fingerprint density at radius 3 is 2.92 bits per heavy atom. The number of fused-ring (bicyclic) bond motifs is 2. The molecule has 0 radical (unpaired) electrons. The fourth-order valence-electron chi connectivity index (χ4n) is 3.13. The van der Waals surface area contributed by atoms with Crippen LogP contribution >= 0.6 is 0 Å². The summed E-state index contributed by atoms with van der Waals surface area (Å²) >= 11 is 0. The van der Waals surface area contributed by atoms with Crippen LogP contribution in [0.3, 0.4) is 0 Å². The van der Waals surface area contributed by atoms with E-state index in [1.54, 1.807) is 0 Å². The number of unbranched alkanes of at least 4 members (excludes halogenated alkanes) is 1. The number of carbonyl (C=O) groups is 1. The standard InChI is InChI=1S/C20H26N4O2/c1-4-5-10-21-19(25)12-24(3)20-16-11-15-8-6-7-9-18(15)26-13-17(16)22-14(2)23-20/h6-9H,4-5,10-13H2,1-3H3,(H,21,25). The number of hydrogen-bond donors (Lipinski definition) is 1. The molecule has 1 N–H and O–H groups in total. The number of nitrogens with zero attached hydrogens (tertiary/aromatic N) is 3. The maximum absolute atomic E-state index is 12.2. The van der Waals surface area contributed by atoms with Crippen molar-refractivity contribution in [2.24, 2.45) is 0 Å². The Morgan fingerprint density at radius 2 is 2.12 bits per heavy atom. The van der Waals surface area contributed by atoms with Gasteiger partial charge in [-0.3, -0.25) is 4.79 Å². The number of anilines is 1. The van der Waals surface area contributed by atoms with E-state index in [1.807, 2.05) is 37.1 Å². The van der Waals surface area contributed by atoms with Crippen molar-refractivity contribution in [2.45, 2.75) is 39.7 Å². The number of ether oxygens (including phenoxy) is 1. The van der Waals surface area contributed by atoms with Crippen LogP contribution in [-0.4, -0.2) is 36.0 Å². The van der Waals surface area contributed by atoms with Gasteiger partial charge in [0.05, 0.1) is 12.2 Å². The van der Waals surface area contributed by atoms with Gasteiger partial charge in [-0.25, -0.2) is 9.97 Å². The molecule has 0 fully saturated rings. The number of carbonyl (C=O) groups excluding carboxylic acids is 1. The molecule has 138 valence electrons. The highest BCUT2D eigenvalue weighted by atomic mass is 16.5. The second-order valence-corrected chi connectivity index (χ2v) is 6.65.